The summed E-state index contributed by atoms with van der Waals surface area (Å²) in [5.74, 6) is 0. The van der Waals surface area contributed by atoms with Crippen LogP contribution >= 0.6 is 0 Å². The van der Waals surface area contributed by atoms with Crippen molar-refractivity contribution in [2.24, 2.45) is 0 Å². The normalized spacial score (nSPS) is 10.9. The van der Waals surface area contributed by atoms with Crippen molar-refractivity contribution >= 4 is 17.5 Å². The summed E-state index contributed by atoms with van der Waals surface area (Å²) in [4.78, 5) is 11.4. The minimum atomic E-state index is -0.486. The van der Waals surface area contributed by atoms with Crippen LogP contribution in [0.2, 0.25) is 0 Å². The van der Waals surface area contributed by atoms with Gasteiger partial charge >= 0.3 is 6.09 Å². The van der Waals surface area contributed by atoms with E-state index in [9.17, 15) is 4.79 Å². The minimum Gasteiger partial charge on any atom is -0.444 e. The molecule has 4 N–H and O–H groups in total. The summed E-state index contributed by atoms with van der Waals surface area (Å²) < 4.78 is 5.12. The van der Waals surface area contributed by atoms with Crippen LogP contribution in [0.15, 0.2) is 24.3 Å². The standard InChI is InChI=1S/C11H16N2O2/c1-11(2,3)15-10(14)13-9-7-5-4-6-8(9)12/h4-7H,12H2,1-3H3,(H,13,14)/p+1. The molecule has 1 rings (SSSR count). The van der Waals surface area contributed by atoms with Crippen LogP contribution in [0.1, 0.15) is 20.8 Å². The zero-order valence-corrected chi connectivity index (χ0v) is 9.33. The highest BCUT2D eigenvalue weighted by Gasteiger charge is 2.17. The molecule has 1 aromatic rings. The van der Waals surface area contributed by atoms with Gasteiger partial charge in [-0.15, -0.1) is 0 Å². The molecule has 0 radical (unpaired) electrons. The van der Waals surface area contributed by atoms with Gasteiger partial charge in [0, 0.05) is 6.07 Å². The Morgan fingerprint density at radius 3 is 2.47 bits per heavy atom. The minimum absolute atomic E-state index is 0.460. The number of benzene rings is 1. The molecule has 0 bridgehead atoms. The van der Waals surface area contributed by atoms with Gasteiger partial charge in [-0.05, 0) is 26.8 Å². The lowest BCUT2D eigenvalue weighted by Gasteiger charge is -2.19. The Labute approximate surface area is 89.4 Å². The van der Waals surface area contributed by atoms with Gasteiger partial charge in [0.05, 0.1) is 0 Å². The van der Waals surface area contributed by atoms with Crippen LogP contribution in [0.4, 0.5) is 16.2 Å². The molecule has 0 heterocycles. The molecule has 0 spiro atoms. The van der Waals surface area contributed by atoms with Crippen molar-refractivity contribution in [1.29, 1.82) is 0 Å². The monoisotopic (exact) mass is 209 g/mol. The number of hydrogen-bond acceptors (Lipinski definition) is 2. The van der Waals surface area contributed by atoms with Crippen molar-refractivity contribution in [3.63, 3.8) is 0 Å². The first-order valence-corrected chi connectivity index (χ1v) is 4.79. The fraction of sp³-hybridized carbons (Fsp3) is 0.364. The number of ether oxygens (including phenoxy) is 1. The van der Waals surface area contributed by atoms with Crippen molar-refractivity contribution in [3.05, 3.63) is 24.3 Å². The molecule has 1 amide bonds. The van der Waals surface area contributed by atoms with Gasteiger partial charge in [0.15, 0.2) is 5.69 Å². The van der Waals surface area contributed by atoms with Crippen LogP contribution in [0, 0.1) is 0 Å². The molecule has 0 fully saturated rings. The first kappa shape index (κ1) is 11.5. The van der Waals surface area contributed by atoms with Crippen molar-refractivity contribution in [3.8, 4) is 0 Å². The predicted octanol–water partition coefficient (Wildman–Crippen LogP) is 1.91. The molecule has 0 aliphatic heterocycles. The van der Waals surface area contributed by atoms with Crippen LogP contribution in [-0.4, -0.2) is 11.7 Å². The van der Waals surface area contributed by atoms with Crippen molar-refractivity contribution in [2.75, 3.05) is 5.32 Å². The third-order valence-corrected chi connectivity index (χ3v) is 1.65. The molecule has 0 aliphatic carbocycles. The maximum Gasteiger partial charge on any atom is 0.412 e. The largest absolute Gasteiger partial charge is 0.444 e. The summed E-state index contributed by atoms with van der Waals surface area (Å²) in [6, 6.07) is 7.31. The first-order valence-electron chi connectivity index (χ1n) is 4.79. The molecule has 0 aliphatic rings. The predicted molar refractivity (Wildman–Crippen MR) is 58.8 cm³/mol. The molecule has 15 heavy (non-hydrogen) atoms. The average molecular weight is 209 g/mol. The van der Waals surface area contributed by atoms with E-state index in [0.29, 0.717) is 5.69 Å². The summed E-state index contributed by atoms with van der Waals surface area (Å²) in [5.41, 5.74) is 4.75. The van der Waals surface area contributed by atoms with Crippen LogP contribution in [0.3, 0.4) is 0 Å². The second kappa shape index (κ2) is 4.31. The molecule has 0 atom stereocenters. The quantitative estimate of drug-likeness (QED) is 0.742. The molecule has 1 aromatic carbocycles. The van der Waals surface area contributed by atoms with E-state index in [-0.39, 0.29) is 0 Å². The van der Waals surface area contributed by atoms with Gasteiger partial charge in [0.2, 0.25) is 0 Å². The van der Waals surface area contributed by atoms with Gasteiger partial charge in [-0.1, -0.05) is 12.1 Å². The molecule has 0 unspecified atom stereocenters. The molecule has 4 nitrogen and oxygen atoms in total. The Bertz CT molecular complexity index is 356. The molecule has 82 valence electrons. The van der Waals surface area contributed by atoms with Crippen molar-refractivity contribution in [2.45, 2.75) is 26.4 Å². The highest BCUT2D eigenvalue weighted by molar-refractivity contribution is 5.87. The van der Waals surface area contributed by atoms with Gasteiger partial charge in [0.1, 0.15) is 11.3 Å². The molecule has 4 heteroatoms. The van der Waals surface area contributed by atoms with Gasteiger partial charge in [-0.3, -0.25) is 5.32 Å². The van der Waals surface area contributed by atoms with Gasteiger partial charge in [-0.25, -0.2) is 4.79 Å². The van der Waals surface area contributed by atoms with E-state index in [1.165, 1.54) is 0 Å². The number of quaternary nitrogens is 1. The second-order valence-corrected chi connectivity index (χ2v) is 4.28. The second-order valence-electron chi connectivity index (χ2n) is 4.28. The van der Waals surface area contributed by atoms with Crippen LogP contribution in [0.5, 0.6) is 0 Å². The van der Waals surface area contributed by atoms with Crippen molar-refractivity contribution in [1.82, 2.24) is 0 Å². The number of rotatable bonds is 1. The Hall–Kier alpha value is -1.55. The van der Waals surface area contributed by atoms with E-state index in [4.69, 9.17) is 4.74 Å². The first-order chi connectivity index (χ1) is 6.88. The summed E-state index contributed by atoms with van der Waals surface area (Å²) in [7, 11) is 0. The van der Waals surface area contributed by atoms with E-state index in [2.05, 4.69) is 11.1 Å². The fourth-order valence-electron chi connectivity index (χ4n) is 1.06. The number of carbonyl (C=O) groups excluding carboxylic acids is 1. The SMILES string of the molecule is CC(C)(C)OC(=O)Nc1ccccc1[NH3+]. The molecule has 0 aromatic heterocycles. The topological polar surface area (TPSA) is 66.0 Å². The van der Waals surface area contributed by atoms with Crippen molar-refractivity contribution < 1.29 is 15.3 Å². The van der Waals surface area contributed by atoms with Crippen LogP contribution < -0.4 is 11.1 Å². The lowest BCUT2D eigenvalue weighted by molar-refractivity contribution is -0.253. The number of carbonyl (C=O) groups is 1. The smallest absolute Gasteiger partial charge is 0.412 e. The van der Waals surface area contributed by atoms with Crippen LogP contribution in [-0.2, 0) is 4.74 Å². The summed E-state index contributed by atoms with van der Waals surface area (Å²) in [6.07, 6.45) is -0.460. The van der Waals surface area contributed by atoms with Gasteiger partial charge in [-0.2, -0.15) is 0 Å². The van der Waals surface area contributed by atoms with E-state index < -0.39 is 11.7 Å². The molecule has 0 saturated carbocycles. The Balaban J connectivity index is 2.64. The number of anilines is 1. The molecule has 0 saturated heterocycles. The number of nitrogens with one attached hydrogen (secondary N) is 1. The lowest BCUT2D eigenvalue weighted by atomic mass is 10.2. The lowest BCUT2D eigenvalue weighted by Crippen LogP contribution is -2.41. The summed E-state index contributed by atoms with van der Waals surface area (Å²) >= 11 is 0. The third-order valence-electron chi connectivity index (χ3n) is 1.65. The zero-order valence-electron chi connectivity index (χ0n) is 9.33. The Morgan fingerprint density at radius 2 is 1.93 bits per heavy atom. The summed E-state index contributed by atoms with van der Waals surface area (Å²) in [5, 5.41) is 2.64. The molecular weight excluding hydrogens is 192 g/mol. The fourth-order valence-corrected chi connectivity index (χ4v) is 1.06. The number of amides is 1. The van der Waals surface area contributed by atoms with Crippen LogP contribution in [0.25, 0.3) is 0 Å². The van der Waals surface area contributed by atoms with E-state index in [1.54, 1.807) is 6.07 Å². The molecular formula is C11H17N2O2+. The van der Waals surface area contributed by atoms with E-state index >= 15 is 0 Å². The van der Waals surface area contributed by atoms with E-state index in [1.807, 2.05) is 39.0 Å². The van der Waals surface area contributed by atoms with Gasteiger partial charge < -0.3 is 10.5 Å². The maximum atomic E-state index is 11.4. The maximum absolute atomic E-state index is 11.4. The summed E-state index contributed by atoms with van der Waals surface area (Å²) in [6.45, 7) is 5.47. The highest BCUT2D eigenvalue weighted by atomic mass is 16.6. The zero-order chi connectivity index (χ0) is 11.5. The van der Waals surface area contributed by atoms with E-state index in [0.717, 1.165) is 5.69 Å². The highest BCUT2D eigenvalue weighted by Crippen LogP contribution is 2.16. The average Bonchev–Trinajstić information content (AvgIpc) is 2.05. The third kappa shape index (κ3) is 3.99. The number of hydrogen-bond donors (Lipinski definition) is 2. The number of para-hydroxylation sites is 1. The Kier molecular flexibility index (Phi) is 3.31. The Morgan fingerprint density at radius 1 is 1.33 bits per heavy atom. The van der Waals surface area contributed by atoms with Gasteiger partial charge in [0.25, 0.3) is 0 Å².